The molecule has 0 N–H and O–H groups in total. The molecular weight excluding hydrogens is 412 g/mol. The number of unbranched alkanes of at least 4 members (excludes halogenated alkanes) is 5. The van der Waals surface area contributed by atoms with Crippen LogP contribution in [0.4, 0.5) is 0 Å². The highest BCUT2D eigenvalue weighted by Crippen LogP contribution is 2.32. The van der Waals surface area contributed by atoms with Crippen molar-refractivity contribution in [3.05, 3.63) is 35.9 Å². The van der Waals surface area contributed by atoms with Crippen LogP contribution >= 0.6 is 0 Å². The van der Waals surface area contributed by atoms with E-state index in [0.717, 1.165) is 32.1 Å². The van der Waals surface area contributed by atoms with E-state index >= 15 is 0 Å². The van der Waals surface area contributed by atoms with E-state index in [4.69, 9.17) is 18.9 Å². The second kappa shape index (κ2) is 19.4. The first-order valence-corrected chi connectivity index (χ1v) is 13.7. The van der Waals surface area contributed by atoms with E-state index in [-0.39, 0.29) is 5.92 Å². The summed E-state index contributed by atoms with van der Waals surface area (Å²) in [6, 6.07) is 10.6. The first-order valence-electron chi connectivity index (χ1n) is 13.7. The van der Waals surface area contributed by atoms with Gasteiger partial charge in [0.15, 0.2) is 0 Å². The molecule has 0 heterocycles. The minimum absolute atomic E-state index is 0.0521. The van der Waals surface area contributed by atoms with Crippen LogP contribution in [0.15, 0.2) is 30.3 Å². The fourth-order valence-electron chi connectivity index (χ4n) is 4.01. The van der Waals surface area contributed by atoms with Crippen molar-refractivity contribution in [1.29, 1.82) is 0 Å². The van der Waals surface area contributed by atoms with Gasteiger partial charge in [0.05, 0.1) is 39.0 Å². The van der Waals surface area contributed by atoms with Gasteiger partial charge in [0, 0.05) is 5.92 Å². The summed E-state index contributed by atoms with van der Waals surface area (Å²) in [5.41, 5.74) is 1.31. The van der Waals surface area contributed by atoms with Crippen molar-refractivity contribution in [1.82, 2.24) is 0 Å². The van der Waals surface area contributed by atoms with Crippen molar-refractivity contribution in [2.75, 3.05) is 33.0 Å². The zero-order valence-corrected chi connectivity index (χ0v) is 22.3. The predicted molar refractivity (Wildman–Crippen MR) is 139 cm³/mol. The van der Waals surface area contributed by atoms with E-state index in [2.05, 4.69) is 65.0 Å². The quantitative estimate of drug-likeness (QED) is 0.128. The Morgan fingerprint density at radius 1 is 0.667 bits per heavy atom. The van der Waals surface area contributed by atoms with Crippen LogP contribution < -0.4 is 0 Å². The summed E-state index contributed by atoms with van der Waals surface area (Å²) in [5, 5.41) is 0. The predicted octanol–water partition coefficient (Wildman–Crippen LogP) is 8.11. The lowest BCUT2D eigenvalue weighted by Gasteiger charge is -2.39. The summed E-state index contributed by atoms with van der Waals surface area (Å²) in [7, 11) is 0. The highest BCUT2D eigenvalue weighted by molar-refractivity contribution is 5.18. The third-order valence-electron chi connectivity index (χ3n) is 5.98. The lowest BCUT2D eigenvalue weighted by Crippen LogP contribution is -2.49. The van der Waals surface area contributed by atoms with Crippen molar-refractivity contribution in [2.45, 2.75) is 111 Å². The van der Waals surface area contributed by atoms with Gasteiger partial charge in [-0.15, -0.1) is 0 Å². The SMILES string of the molecule is CCCCCCCCC(COCC(C)c1ccccc1)C(OCCC)(OCCC)OCCC. The molecule has 0 bridgehead atoms. The zero-order chi connectivity index (χ0) is 24.2. The summed E-state index contributed by atoms with van der Waals surface area (Å²) in [4.78, 5) is 0. The molecular formula is C29H52O4. The van der Waals surface area contributed by atoms with Crippen LogP contribution in [0.3, 0.4) is 0 Å². The molecule has 0 aromatic heterocycles. The van der Waals surface area contributed by atoms with Crippen molar-refractivity contribution in [3.63, 3.8) is 0 Å². The molecule has 192 valence electrons. The van der Waals surface area contributed by atoms with Crippen LogP contribution in [0.25, 0.3) is 0 Å². The molecule has 0 saturated carbocycles. The molecule has 4 heteroatoms. The Kier molecular flexibility index (Phi) is 17.7. The molecule has 0 spiro atoms. The summed E-state index contributed by atoms with van der Waals surface area (Å²) in [5.74, 6) is -0.613. The molecule has 0 saturated heterocycles. The molecule has 0 fully saturated rings. The maximum atomic E-state index is 6.36. The van der Waals surface area contributed by atoms with Crippen molar-refractivity contribution in [3.8, 4) is 0 Å². The standard InChI is InChI=1S/C29H52O4/c1-6-10-11-12-13-17-20-28(25-30-24-26(5)27-18-15-14-16-19-27)29(31-21-7-2,32-22-8-3)33-23-9-4/h14-16,18-19,26,28H,6-13,17,20-25H2,1-5H3. The van der Waals surface area contributed by atoms with Crippen LogP contribution in [-0.4, -0.2) is 39.0 Å². The van der Waals surface area contributed by atoms with Gasteiger partial charge in [-0.25, -0.2) is 0 Å². The third kappa shape index (κ3) is 12.4. The van der Waals surface area contributed by atoms with E-state index in [1.54, 1.807) is 0 Å². The van der Waals surface area contributed by atoms with Gasteiger partial charge >= 0.3 is 0 Å². The number of ether oxygens (including phenoxy) is 4. The lowest BCUT2D eigenvalue weighted by molar-refractivity contribution is -0.409. The topological polar surface area (TPSA) is 36.9 Å². The van der Waals surface area contributed by atoms with Crippen molar-refractivity contribution >= 4 is 0 Å². The number of rotatable bonds is 22. The van der Waals surface area contributed by atoms with Gasteiger partial charge in [0.2, 0.25) is 0 Å². The van der Waals surface area contributed by atoms with Crippen LogP contribution in [0.2, 0.25) is 0 Å². The average Bonchev–Trinajstić information content (AvgIpc) is 2.85. The molecule has 0 aliphatic carbocycles. The Morgan fingerprint density at radius 3 is 1.76 bits per heavy atom. The Bertz CT molecular complexity index is 526. The summed E-state index contributed by atoms with van der Waals surface area (Å²) in [6.07, 6.45) is 11.4. The van der Waals surface area contributed by atoms with Crippen molar-refractivity contribution < 1.29 is 18.9 Å². The van der Waals surface area contributed by atoms with E-state index in [9.17, 15) is 0 Å². The molecule has 0 radical (unpaired) electrons. The Balaban J connectivity index is 2.87. The summed E-state index contributed by atoms with van der Waals surface area (Å²) >= 11 is 0. The maximum Gasteiger partial charge on any atom is 0.288 e. The monoisotopic (exact) mass is 464 g/mol. The van der Waals surface area contributed by atoms with Crippen LogP contribution in [0.1, 0.15) is 110 Å². The maximum absolute atomic E-state index is 6.36. The number of benzene rings is 1. The molecule has 33 heavy (non-hydrogen) atoms. The Hall–Kier alpha value is -0.940. The summed E-state index contributed by atoms with van der Waals surface area (Å²) in [6.45, 7) is 14.0. The largest absolute Gasteiger partial charge is 0.380 e. The van der Waals surface area contributed by atoms with Crippen molar-refractivity contribution in [2.24, 2.45) is 5.92 Å². The highest BCUT2D eigenvalue weighted by atomic mass is 16.9. The van der Waals surface area contributed by atoms with Gasteiger partial charge in [-0.3, -0.25) is 0 Å². The molecule has 2 unspecified atom stereocenters. The van der Waals surface area contributed by atoms with Gasteiger partial charge in [0.25, 0.3) is 5.97 Å². The minimum Gasteiger partial charge on any atom is -0.380 e. The van der Waals surface area contributed by atoms with E-state index in [0.29, 0.717) is 39.0 Å². The molecule has 4 nitrogen and oxygen atoms in total. The second-order valence-electron chi connectivity index (χ2n) is 9.25. The molecule has 1 rings (SSSR count). The fourth-order valence-corrected chi connectivity index (χ4v) is 4.01. The van der Waals surface area contributed by atoms with E-state index in [1.807, 2.05) is 0 Å². The second-order valence-corrected chi connectivity index (χ2v) is 9.25. The van der Waals surface area contributed by atoms with Gasteiger partial charge in [-0.2, -0.15) is 0 Å². The normalized spacial score (nSPS) is 13.8. The number of hydrogen-bond acceptors (Lipinski definition) is 4. The number of hydrogen-bond donors (Lipinski definition) is 0. The van der Waals surface area contributed by atoms with Crippen LogP contribution in [0.5, 0.6) is 0 Å². The fraction of sp³-hybridized carbons (Fsp3) is 0.793. The van der Waals surface area contributed by atoms with E-state index < -0.39 is 5.97 Å². The smallest absolute Gasteiger partial charge is 0.288 e. The average molecular weight is 465 g/mol. The Morgan fingerprint density at radius 2 is 1.21 bits per heavy atom. The molecule has 0 amide bonds. The van der Waals surface area contributed by atoms with E-state index in [1.165, 1.54) is 37.7 Å². The zero-order valence-electron chi connectivity index (χ0n) is 22.3. The molecule has 1 aromatic carbocycles. The van der Waals surface area contributed by atoms with Gasteiger partial charge in [-0.1, -0.05) is 103 Å². The molecule has 1 aromatic rings. The third-order valence-corrected chi connectivity index (χ3v) is 5.98. The van der Waals surface area contributed by atoms with Gasteiger partial charge in [0.1, 0.15) is 0 Å². The summed E-state index contributed by atoms with van der Waals surface area (Å²) < 4.78 is 25.4. The Labute approximate surface area is 204 Å². The first kappa shape index (κ1) is 30.1. The molecule has 0 aliphatic rings. The molecule has 0 aliphatic heterocycles. The van der Waals surface area contributed by atoms with Gasteiger partial charge < -0.3 is 18.9 Å². The minimum atomic E-state index is -1.01. The molecule has 2 atom stereocenters. The van der Waals surface area contributed by atoms with Crippen LogP contribution in [0, 0.1) is 5.92 Å². The lowest BCUT2D eigenvalue weighted by atomic mass is 9.97. The van der Waals surface area contributed by atoms with Crippen LogP contribution in [-0.2, 0) is 18.9 Å². The first-order chi connectivity index (χ1) is 16.1. The van der Waals surface area contributed by atoms with Gasteiger partial charge in [-0.05, 0) is 31.2 Å². The highest BCUT2D eigenvalue weighted by Gasteiger charge is 2.42.